The second-order valence-corrected chi connectivity index (χ2v) is 5.03. The number of benzene rings is 2. The van der Waals surface area contributed by atoms with E-state index >= 15 is 0 Å². The Labute approximate surface area is 119 Å². The molecule has 1 N–H and O–H groups in total. The summed E-state index contributed by atoms with van der Waals surface area (Å²) in [4.78, 5) is 4.17. The molecule has 0 unspecified atom stereocenters. The van der Waals surface area contributed by atoms with E-state index in [4.69, 9.17) is 0 Å². The summed E-state index contributed by atoms with van der Waals surface area (Å²) in [5.74, 6) is 0. The first-order valence-electron chi connectivity index (χ1n) is 6.94. The quantitative estimate of drug-likeness (QED) is 0.766. The maximum Gasteiger partial charge on any atom is 0.0315 e. The molecule has 1 atom stereocenters. The maximum absolute atomic E-state index is 4.17. The van der Waals surface area contributed by atoms with Crippen LogP contribution < -0.4 is 5.32 Å². The van der Waals surface area contributed by atoms with Gasteiger partial charge in [0.2, 0.25) is 0 Å². The second-order valence-electron chi connectivity index (χ2n) is 5.03. The molecule has 2 aromatic carbocycles. The molecule has 0 aliphatic rings. The summed E-state index contributed by atoms with van der Waals surface area (Å²) in [6.07, 6.45) is 3.72. The lowest BCUT2D eigenvalue weighted by atomic mass is 10.0. The fraction of sp³-hybridized carbons (Fsp3) is 0.167. The van der Waals surface area contributed by atoms with Crippen LogP contribution >= 0.6 is 0 Å². The Bertz CT molecular complexity index is 687. The van der Waals surface area contributed by atoms with Gasteiger partial charge in [-0.3, -0.25) is 4.98 Å². The number of rotatable bonds is 4. The van der Waals surface area contributed by atoms with Gasteiger partial charge in [-0.2, -0.15) is 0 Å². The molecule has 3 rings (SSSR count). The molecule has 0 bridgehead atoms. The molecule has 0 saturated carbocycles. The van der Waals surface area contributed by atoms with E-state index < -0.39 is 0 Å². The van der Waals surface area contributed by atoms with Gasteiger partial charge in [0.05, 0.1) is 0 Å². The van der Waals surface area contributed by atoms with Crippen LogP contribution in [0.5, 0.6) is 0 Å². The van der Waals surface area contributed by atoms with Gasteiger partial charge in [-0.15, -0.1) is 0 Å². The van der Waals surface area contributed by atoms with Gasteiger partial charge in [0.15, 0.2) is 0 Å². The lowest BCUT2D eigenvalue weighted by molar-refractivity contribution is 0.575. The SMILES string of the molecule is C[C@H](NCc1cccc2ccccc12)c1cccnc1. The smallest absolute Gasteiger partial charge is 0.0315 e. The molecule has 1 aromatic heterocycles. The van der Waals surface area contributed by atoms with Crippen LogP contribution in [0.1, 0.15) is 24.1 Å². The number of aromatic nitrogens is 1. The number of hydrogen-bond acceptors (Lipinski definition) is 2. The predicted molar refractivity (Wildman–Crippen MR) is 83.4 cm³/mol. The molecule has 0 spiro atoms. The summed E-state index contributed by atoms with van der Waals surface area (Å²) in [5, 5.41) is 6.18. The van der Waals surface area contributed by atoms with E-state index in [1.807, 2.05) is 12.3 Å². The van der Waals surface area contributed by atoms with E-state index in [9.17, 15) is 0 Å². The van der Waals surface area contributed by atoms with Crippen molar-refractivity contribution in [1.82, 2.24) is 10.3 Å². The first-order valence-corrected chi connectivity index (χ1v) is 6.94. The summed E-state index contributed by atoms with van der Waals surface area (Å²) in [5.41, 5.74) is 2.55. The number of nitrogens with zero attached hydrogens (tertiary/aromatic N) is 1. The second kappa shape index (κ2) is 5.85. The Morgan fingerprint density at radius 3 is 2.70 bits per heavy atom. The van der Waals surface area contributed by atoms with Crippen molar-refractivity contribution in [3.63, 3.8) is 0 Å². The van der Waals surface area contributed by atoms with Crippen LogP contribution in [-0.2, 0) is 6.54 Å². The van der Waals surface area contributed by atoms with Crippen LogP contribution in [0.4, 0.5) is 0 Å². The highest BCUT2D eigenvalue weighted by atomic mass is 14.9. The fourth-order valence-corrected chi connectivity index (χ4v) is 2.46. The van der Waals surface area contributed by atoms with Gasteiger partial charge < -0.3 is 5.32 Å². The van der Waals surface area contributed by atoms with E-state index in [1.54, 1.807) is 6.20 Å². The molecular formula is C18H18N2. The van der Waals surface area contributed by atoms with Gasteiger partial charge in [0.25, 0.3) is 0 Å². The maximum atomic E-state index is 4.17. The van der Waals surface area contributed by atoms with E-state index in [2.05, 4.69) is 65.8 Å². The topological polar surface area (TPSA) is 24.9 Å². The highest BCUT2D eigenvalue weighted by molar-refractivity contribution is 5.85. The van der Waals surface area contributed by atoms with Crippen molar-refractivity contribution in [3.8, 4) is 0 Å². The van der Waals surface area contributed by atoms with Crippen molar-refractivity contribution in [2.45, 2.75) is 19.5 Å². The Kier molecular flexibility index (Phi) is 3.75. The van der Waals surface area contributed by atoms with E-state index in [-0.39, 0.29) is 0 Å². The zero-order valence-corrected chi connectivity index (χ0v) is 11.6. The molecule has 2 nitrogen and oxygen atoms in total. The summed E-state index contributed by atoms with van der Waals surface area (Å²) in [6, 6.07) is 19.4. The summed E-state index contributed by atoms with van der Waals surface area (Å²) >= 11 is 0. The minimum absolute atomic E-state index is 0.294. The number of nitrogens with one attached hydrogen (secondary N) is 1. The van der Waals surface area contributed by atoms with Crippen LogP contribution in [0.15, 0.2) is 67.0 Å². The van der Waals surface area contributed by atoms with E-state index in [0.29, 0.717) is 6.04 Å². The van der Waals surface area contributed by atoms with Crippen molar-refractivity contribution >= 4 is 10.8 Å². The molecule has 3 aromatic rings. The van der Waals surface area contributed by atoms with Crippen LogP contribution in [0, 0.1) is 0 Å². The normalized spacial score (nSPS) is 12.4. The zero-order chi connectivity index (χ0) is 13.8. The molecule has 100 valence electrons. The molecule has 0 aliphatic heterocycles. The third kappa shape index (κ3) is 2.70. The van der Waals surface area contributed by atoms with Crippen LogP contribution in [0.2, 0.25) is 0 Å². The first-order chi connectivity index (χ1) is 9.84. The average molecular weight is 262 g/mol. The standard InChI is InChI=1S/C18H18N2/c1-14(16-9-5-11-19-12-16)20-13-17-8-4-7-15-6-2-3-10-18(15)17/h2-12,14,20H,13H2,1H3/t14-/m0/s1. The van der Waals surface area contributed by atoms with Crippen molar-refractivity contribution < 1.29 is 0 Å². The molecule has 1 heterocycles. The lowest BCUT2D eigenvalue weighted by Crippen LogP contribution is -2.18. The van der Waals surface area contributed by atoms with Gasteiger partial charge >= 0.3 is 0 Å². The van der Waals surface area contributed by atoms with Crippen molar-refractivity contribution in [2.75, 3.05) is 0 Å². The first kappa shape index (κ1) is 12.8. The Morgan fingerprint density at radius 1 is 1.00 bits per heavy atom. The van der Waals surface area contributed by atoms with Crippen molar-refractivity contribution in [2.24, 2.45) is 0 Å². The largest absolute Gasteiger partial charge is 0.306 e. The minimum Gasteiger partial charge on any atom is -0.306 e. The summed E-state index contributed by atoms with van der Waals surface area (Å²) in [6.45, 7) is 3.03. The highest BCUT2D eigenvalue weighted by Gasteiger charge is 2.06. The van der Waals surface area contributed by atoms with Crippen molar-refractivity contribution in [3.05, 3.63) is 78.1 Å². The van der Waals surface area contributed by atoms with Gasteiger partial charge in [0, 0.05) is 25.0 Å². The lowest BCUT2D eigenvalue weighted by Gasteiger charge is -2.15. The molecule has 2 heteroatoms. The van der Waals surface area contributed by atoms with Crippen LogP contribution in [0.3, 0.4) is 0 Å². The number of hydrogen-bond donors (Lipinski definition) is 1. The molecular weight excluding hydrogens is 244 g/mol. The van der Waals surface area contributed by atoms with Gasteiger partial charge in [-0.1, -0.05) is 48.5 Å². The van der Waals surface area contributed by atoms with E-state index in [0.717, 1.165) is 6.54 Å². The Morgan fingerprint density at radius 2 is 1.85 bits per heavy atom. The van der Waals surface area contributed by atoms with E-state index in [1.165, 1.54) is 21.9 Å². The molecule has 0 saturated heterocycles. The molecule has 0 fully saturated rings. The third-order valence-electron chi connectivity index (χ3n) is 3.66. The van der Waals surface area contributed by atoms with Crippen LogP contribution in [-0.4, -0.2) is 4.98 Å². The number of pyridine rings is 1. The Balaban J connectivity index is 1.77. The number of fused-ring (bicyclic) bond motifs is 1. The summed E-state index contributed by atoms with van der Waals surface area (Å²) < 4.78 is 0. The monoisotopic (exact) mass is 262 g/mol. The fourth-order valence-electron chi connectivity index (χ4n) is 2.46. The predicted octanol–water partition coefficient (Wildman–Crippen LogP) is 4.09. The molecule has 0 amide bonds. The van der Waals surface area contributed by atoms with Gasteiger partial charge in [-0.05, 0) is 34.9 Å². The van der Waals surface area contributed by atoms with Crippen molar-refractivity contribution in [1.29, 1.82) is 0 Å². The molecule has 20 heavy (non-hydrogen) atoms. The third-order valence-corrected chi connectivity index (χ3v) is 3.66. The van der Waals surface area contributed by atoms with Gasteiger partial charge in [0.1, 0.15) is 0 Å². The van der Waals surface area contributed by atoms with Gasteiger partial charge in [-0.25, -0.2) is 0 Å². The summed E-state index contributed by atoms with van der Waals surface area (Å²) in [7, 11) is 0. The van der Waals surface area contributed by atoms with Crippen LogP contribution in [0.25, 0.3) is 10.8 Å². The Hall–Kier alpha value is -2.19. The molecule has 0 radical (unpaired) electrons. The molecule has 0 aliphatic carbocycles. The average Bonchev–Trinajstić information content (AvgIpc) is 2.53. The zero-order valence-electron chi connectivity index (χ0n) is 11.6. The minimum atomic E-state index is 0.294. The highest BCUT2D eigenvalue weighted by Crippen LogP contribution is 2.19.